The number of sulfonamides is 1. The molecule has 0 aliphatic carbocycles. The zero-order valence-electron chi connectivity index (χ0n) is 14.6. The van der Waals surface area contributed by atoms with Crippen LogP contribution in [0.1, 0.15) is 12.1 Å². The van der Waals surface area contributed by atoms with E-state index < -0.39 is 10.0 Å². The van der Waals surface area contributed by atoms with E-state index in [1.165, 1.54) is 7.11 Å². The quantitative estimate of drug-likeness (QED) is 0.789. The highest BCUT2D eigenvalue weighted by atomic mass is 32.2. The Kier molecular flexibility index (Phi) is 5.46. The van der Waals surface area contributed by atoms with Gasteiger partial charge in [0.05, 0.1) is 18.6 Å². The van der Waals surface area contributed by atoms with Gasteiger partial charge in [-0.05, 0) is 36.6 Å². The zero-order chi connectivity index (χ0) is 17.9. The van der Waals surface area contributed by atoms with E-state index in [2.05, 4.69) is 4.57 Å². The monoisotopic (exact) mass is 364 g/mol. The topological polar surface area (TPSA) is 60.8 Å². The number of aromatic nitrogens is 1. The maximum absolute atomic E-state index is 13.2. The van der Waals surface area contributed by atoms with Gasteiger partial charge in [-0.25, -0.2) is 8.42 Å². The Morgan fingerprint density at radius 2 is 2.00 bits per heavy atom. The number of hydrogen-bond acceptors (Lipinski definition) is 4. The van der Waals surface area contributed by atoms with Crippen LogP contribution in [-0.4, -0.2) is 44.7 Å². The molecule has 1 aromatic carbocycles. The molecule has 0 unspecified atom stereocenters. The molecule has 2 heterocycles. The summed E-state index contributed by atoms with van der Waals surface area (Å²) in [5.74, 6) is 0.740. The molecule has 0 radical (unpaired) electrons. The summed E-state index contributed by atoms with van der Waals surface area (Å²) in [7, 11) is -0.395. The minimum Gasteiger partial charge on any atom is -0.497 e. The smallest absolute Gasteiger partial charge is 0.243 e. The third kappa shape index (κ3) is 3.89. The molecule has 0 bridgehead atoms. The maximum atomic E-state index is 13.2. The van der Waals surface area contributed by atoms with Crippen LogP contribution in [-0.2, 0) is 27.8 Å². The van der Waals surface area contributed by atoms with Gasteiger partial charge in [-0.2, -0.15) is 4.31 Å². The highest BCUT2D eigenvalue weighted by molar-refractivity contribution is 7.89. The summed E-state index contributed by atoms with van der Waals surface area (Å²) in [5, 5.41) is 0. The van der Waals surface area contributed by atoms with Gasteiger partial charge in [0.25, 0.3) is 0 Å². The van der Waals surface area contributed by atoms with Gasteiger partial charge in [-0.15, -0.1) is 0 Å². The first-order valence-corrected chi connectivity index (χ1v) is 9.75. The largest absolute Gasteiger partial charge is 0.497 e. The molecule has 1 aliphatic heterocycles. The molecule has 7 heteroatoms. The Hall–Kier alpha value is -1.83. The number of benzene rings is 1. The maximum Gasteiger partial charge on any atom is 0.243 e. The Bertz CT molecular complexity index is 816. The first-order valence-electron chi connectivity index (χ1n) is 8.31. The van der Waals surface area contributed by atoms with Crippen LogP contribution in [0.25, 0.3) is 0 Å². The second-order valence-corrected chi connectivity index (χ2v) is 8.21. The molecule has 6 nitrogen and oxygen atoms in total. The first kappa shape index (κ1) is 18.0. The van der Waals surface area contributed by atoms with E-state index in [0.29, 0.717) is 25.4 Å². The van der Waals surface area contributed by atoms with Crippen molar-refractivity contribution < 1.29 is 17.9 Å². The average Bonchev–Trinajstić information content (AvgIpc) is 2.97. The average molecular weight is 364 g/mol. The Labute approximate surface area is 149 Å². The van der Waals surface area contributed by atoms with Gasteiger partial charge in [0.1, 0.15) is 5.75 Å². The Balaban J connectivity index is 1.93. The van der Waals surface area contributed by atoms with Gasteiger partial charge < -0.3 is 14.0 Å². The molecular weight excluding hydrogens is 340 g/mol. The Morgan fingerprint density at radius 1 is 1.16 bits per heavy atom. The number of nitrogens with zero attached hydrogens (tertiary/aromatic N) is 2. The summed E-state index contributed by atoms with van der Waals surface area (Å²) >= 11 is 0. The molecule has 1 aromatic heterocycles. The van der Waals surface area contributed by atoms with Crippen molar-refractivity contribution in [2.75, 3.05) is 27.4 Å². The van der Waals surface area contributed by atoms with Crippen LogP contribution in [0.15, 0.2) is 47.5 Å². The molecule has 0 N–H and O–H groups in total. The fourth-order valence-corrected chi connectivity index (χ4v) is 4.72. The van der Waals surface area contributed by atoms with E-state index in [-0.39, 0.29) is 10.8 Å². The van der Waals surface area contributed by atoms with Gasteiger partial charge in [0.15, 0.2) is 0 Å². The minimum atomic E-state index is -3.60. The van der Waals surface area contributed by atoms with Crippen LogP contribution < -0.4 is 4.74 Å². The van der Waals surface area contributed by atoms with Crippen LogP contribution >= 0.6 is 0 Å². The van der Waals surface area contributed by atoms with Gasteiger partial charge in [0.2, 0.25) is 10.0 Å². The molecule has 0 amide bonds. The molecule has 1 aliphatic rings. The predicted octanol–water partition coefficient (Wildman–Crippen LogP) is 2.35. The van der Waals surface area contributed by atoms with Crippen molar-refractivity contribution in [1.82, 2.24) is 8.87 Å². The van der Waals surface area contributed by atoms with Crippen molar-refractivity contribution in [3.05, 3.63) is 48.3 Å². The third-order valence-electron chi connectivity index (χ3n) is 4.59. The van der Waals surface area contributed by atoms with Gasteiger partial charge >= 0.3 is 0 Å². The SMILES string of the molecule is COCC[C@H]1CN(S(=O)(=O)c2cccc(OC)c2)Cc2cccn2C1. The van der Waals surface area contributed by atoms with Gasteiger partial charge in [-0.1, -0.05) is 6.07 Å². The highest BCUT2D eigenvalue weighted by Crippen LogP contribution is 2.27. The molecular formula is C18H24N2O4S. The lowest BCUT2D eigenvalue weighted by Crippen LogP contribution is -2.34. The number of hydrogen-bond donors (Lipinski definition) is 0. The van der Waals surface area contributed by atoms with Gasteiger partial charge in [0, 0.05) is 44.8 Å². The van der Waals surface area contributed by atoms with Crippen molar-refractivity contribution in [2.45, 2.75) is 24.4 Å². The summed E-state index contributed by atoms with van der Waals surface area (Å²) in [6.45, 7) is 2.27. The summed E-state index contributed by atoms with van der Waals surface area (Å²) in [6, 6.07) is 10.6. The molecule has 3 rings (SSSR count). The number of ether oxygens (including phenoxy) is 2. The van der Waals surface area contributed by atoms with Crippen molar-refractivity contribution in [2.24, 2.45) is 5.92 Å². The zero-order valence-corrected chi connectivity index (χ0v) is 15.4. The standard InChI is InChI=1S/C18H24N2O4S/c1-23-10-8-15-12-19-9-4-5-16(19)14-20(13-15)25(21,22)18-7-3-6-17(11-18)24-2/h3-7,9,11,15H,8,10,12-14H2,1-2H3/t15-/m1/s1. The lowest BCUT2D eigenvalue weighted by atomic mass is 10.1. The van der Waals surface area contributed by atoms with Gasteiger partial charge in [-0.3, -0.25) is 0 Å². The molecule has 0 saturated carbocycles. The summed E-state index contributed by atoms with van der Waals surface area (Å²) in [4.78, 5) is 0.261. The van der Waals surface area contributed by atoms with E-state index in [9.17, 15) is 8.42 Å². The molecule has 0 fully saturated rings. The van der Waals surface area contributed by atoms with E-state index in [1.807, 2.05) is 18.3 Å². The first-order chi connectivity index (χ1) is 12.0. The van der Waals surface area contributed by atoms with Crippen LogP contribution in [0.2, 0.25) is 0 Å². The number of fused-ring (bicyclic) bond motifs is 1. The van der Waals surface area contributed by atoms with Crippen molar-refractivity contribution in [3.63, 3.8) is 0 Å². The van der Waals surface area contributed by atoms with E-state index in [4.69, 9.17) is 9.47 Å². The Morgan fingerprint density at radius 3 is 2.76 bits per heavy atom. The third-order valence-corrected chi connectivity index (χ3v) is 6.40. The molecule has 25 heavy (non-hydrogen) atoms. The van der Waals surface area contributed by atoms with Crippen LogP contribution in [0.3, 0.4) is 0 Å². The molecule has 0 spiro atoms. The fourth-order valence-electron chi connectivity index (χ4n) is 3.20. The molecule has 2 aromatic rings. The van der Waals surface area contributed by atoms with Crippen molar-refractivity contribution in [1.29, 1.82) is 0 Å². The summed E-state index contributed by atoms with van der Waals surface area (Å²) < 4.78 is 40.5. The van der Waals surface area contributed by atoms with E-state index in [1.54, 1.807) is 35.7 Å². The second kappa shape index (κ2) is 7.59. The minimum absolute atomic E-state index is 0.203. The fraction of sp³-hybridized carbons (Fsp3) is 0.444. The highest BCUT2D eigenvalue weighted by Gasteiger charge is 2.31. The molecule has 0 saturated heterocycles. The predicted molar refractivity (Wildman–Crippen MR) is 95.0 cm³/mol. The lowest BCUT2D eigenvalue weighted by molar-refractivity contribution is 0.167. The van der Waals surface area contributed by atoms with E-state index >= 15 is 0 Å². The number of rotatable bonds is 6. The van der Waals surface area contributed by atoms with Crippen LogP contribution in [0.4, 0.5) is 0 Å². The normalized spacial score (nSPS) is 18.6. The molecule has 136 valence electrons. The summed E-state index contributed by atoms with van der Waals surface area (Å²) in [5.41, 5.74) is 1.01. The number of methoxy groups -OCH3 is 2. The van der Waals surface area contributed by atoms with E-state index in [0.717, 1.165) is 18.7 Å². The second-order valence-electron chi connectivity index (χ2n) is 6.28. The van der Waals surface area contributed by atoms with Crippen LogP contribution in [0, 0.1) is 5.92 Å². The van der Waals surface area contributed by atoms with Crippen molar-refractivity contribution >= 4 is 10.0 Å². The lowest BCUT2D eigenvalue weighted by Gasteiger charge is -2.23. The van der Waals surface area contributed by atoms with Crippen molar-refractivity contribution in [3.8, 4) is 5.75 Å². The summed E-state index contributed by atoms with van der Waals surface area (Å²) in [6.07, 6.45) is 2.83. The molecule has 1 atom stereocenters. The van der Waals surface area contributed by atoms with Crippen LogP contribution in [0.5, 0.6) is 5.75 Å².